The first-order valence-electron chi connectivity index (χ1n) is 10.2. The van der Waals surface area contributed by atoms with Gasteiger partial charge in [-0.05, 0) is 48.9 Å². The number of anilines is 1. The van der Waals surface area contributed by atoms with E-state index >= 15 is 0 Å². The van der Waals surface area contributed by atoms with E-state index in [4.69, 9.17) is 0 Å². The summed E-state index contributed by atoms with van der Waals surface area (Å²) in [6, 6.07) is 7.40. The zero-order chi connectivity index (χ0) is 17.9. The number of amides is 1. The molecule has 5 heteroatoms. The standard InChI is InChI=1S/C21H31N3O2/c25-20-7-5-19(6-8-20)23-13-11-22(12-14-23)16-21(26)24-10-9-17-3-1-2-4-18(17)15-24/h5-8,17-18,25H,1-4,9-16H2/t17-,18-/m1/s1. The minimum Gasteiger partial charge on any atom is -0.508 e. The molecule has 2 atom stereocenters. The Balaban J connectivity index is 1.25. The quantitative estimate of drug-likeness (QED) is 0.903. The topological polar surface area (TPSA) is 47.0 Å². The highest BCUT2D eigenvalue weighted by molar-refractivity contribution is 5.78. The van der Waals surface area contributed by atoms with Crippen LogP contribution in [-0.2, 0) is 4.79 Å². The number of nitrogens with zero attached hydrogens (tertiary/aromatic N) is 3. The van der Waals surface area contributed by atoms with Crippen molar-refractivity contribution in [2.45, 2.75) is 32.1 Å². The van der Waals surface area contributed by atoms with Gasteiger partial charge in [0.2, 0.25) is 5.91 Å². The summed E-state index contributed by atoms with van der Waals surface area (Å²) < 4.78 is 0. The average Bonchev–Trinajstić information content (AvgIpc) is 2.69. The molecule has 0 aromatic heterocycles. The molecule has 142 valence electrons. The van der Waals surface area contributed by atoms with Crippen LogP contribution < -0.4 is 4.90 Å². The average molecular weight is 357 g/mol. The number of carbonyl (C=O) groups is 1. The molecule has 0 radical (unpaired) electrons. The number of aromatic hydroxyl groups is 1. The van der Waals surface area contributed by atoms with Crippen molar-refractivity contribution in [1.29, 1.82) is 0 Å². The second-order valence-corrected chi connectivity index (χ2v) is 8.21. The SMILES string of the molecule is O=C(CN1CCN(c2ccc(O)cc2)CC1)N1CC[C@H]2CCCC[C@@H]2C1. The van der Waals surface area contributed by atoms with Crippen LogP contribution in [0.2, 0.25) is 0 Å². The number of benzene rings is 1. The molecule has 1 aliphatic carbocycles. The normalized spacial score (nSPS) is 27.2. The molecule has 4 rings (SSSR count). The van der Waals surface area contributed by atoms with Gasteiger partial charge >= 0.3 is 0 Å². The number of hydrogen-bond donors (Lipinski definition) is 1. The molecule has 3 aliphatic rings. The van der Waals surface area contributed by atoms with Crippen LogP contribution in [0.5, 0.6) is 5.75 Å². The highest BCUT2D eigenvalue weighted by atomic mass is 16.3. The molecule has 1 aromatic carbocycles. The highest BCUT2D eigenvalue weighted by Gasteiger charge is 2.33. The fourth-order valence-corrected chi connectivity index (χ4v) is 4.95. The predicted octanol–water partition coefficient (Wildman–Crippen LogP) is 2.55. The van der Waals surface area contributed by atoms with E-state index in [1.54, 1.807) is 12.1 Å². The maximum Gasteiger partial charge on any atom is 0.236 e. The Labute approximate surface area is 156 Å². The first-order valence-corrected chi connectivity index (χ1v) is 10.2. The van der Waals surface area contributed by atoms with Crippen LogP contribution in [0, 0.1) is 11.8 Å². The van der Waals surface area contributed by atoms with Crippen LogP contribution in [0.1, 0.15) is 32.1 Å². The molecular formula is C21H31N3O2. The van der Waals surface area contributed by atoms with Gasteiger partial charge in [-0.1, -0.05) is 19.3 Å². The number of phenolic OH excluding ortho intramolecular Hbond substituents is 1. The maximum atomic E-state index is 12.8. The lowest BCUT2D eigenvalue weighted by Crippen LogP contribution is -2.52. The number of phenols is 1. The number of hydrogen-bond acceptors (Lipinski definition) is 4. The first-order chi connectivity index (χ1) is 12.7. The van der Waals surface area contributed by atoms with Gasteiger partial charge in [-0.25, -0.2) is 0 Å². The summed E-state index contributed by atoms with van der Waals surface area (Å²) in [6.07, 6.45) is 6.65. The predicted molar refractivity (Wildman–Crippen MR) is 103 cm³/mol. The van der Waals surface area contributed by atoms with Gasteiger partial charge in [0.25, 0.3) is 0 Å². The number of fused-ring (bicyclic) bond motifs is 1. The van der Waals surface area contributed by atoms with E-state index in [1.165, 1.54) is 32.1 Å². The Morgan fingerprint density at radius 2 is 1.62 bits per heavy atom. The van der Waals surface area contributed by atoms with Crippen LogP contribution >= 0.6 is 0 Å². The number of carbonyl (C=O) groups excluding carboxylic acids is 1. The van der Waals surface area contributed by atoms with Gasteiger partial charge in [0, 0.05) is 45.0 Å². The Hall–Kier alpha value is -1.75. The molecule has 3 fully saturated rings. The first kappa shape index (κ1) is 17.7. The van der Waals surface area contributed by atoms with Crippen LogP contribution in [0.25, 0.3) is 0 Å². The molecular weight excluding hydrogens is 326 g/mol. The lowest BCUT2D eigenvalue weighted by molar-refractivity contribution is -0.135. The number of piperazine rings is 1. The number of likely N-dealkylation sites (tertiary alicyclic amines) is 1. The van der Waals surface area contributed by atoms with E-state index in [0.29, 0.717) is 18.2 Å². The van der Waals surface area contributed by atoms with E-state index in [9.17, 15) is 9.90 Å². The second-order valence-electron chi connectivity index (χ2n) is 8.21. The summed E-state index contributed by atoms with van der Waals surface area (Å²) in [5.74, 6) is 2.27. The third-order valence-corrected chi connectivity index (χ3v) is 6.59. The van der Waals surface area contributed by atoms with Crippen molar-refractivity contribution in [2.75, 3.05) is 50.7 Å². The van der Waals surface area contributed by atoms with Gasteiger partial charge in [0.1, 0.15) is 5.75 Å². The summed E-state index contributed by atoms with van der Waals surface area (Å²) in [4.78, 5) is 19.5. The molecule has 1 amide bonds. The number of piperidine rings is 1. The zero-order valence-corrected chi connectivity index (χ0v) is 15.6. The molecule has 26 heavy (non-hydrogen) atoms. The number of rotatable bonds is 3. The molecule has 2 saturated heterocycles. The third kappa shape index (κ3) is 3.98. The van der Waals surface area contributed by atoms with Crippen molar-refractivity contribution in [3.05, 3.63) is 24.3 Å². The fraction of sp³-hybridized carbons (Fsp3) is 0.667. The Kier molecular flexibility index (Phi) is 5.34. The lowest BCUT2D eigenvalue weighted by Gasteiger charge is -2.42. The fourth-order valence-electron chi connectivity index (χ4n) is 4.95. The summed E-state index contributed by atoms with van der Waals surface area (Å²) in [7, 11) is 0. The summed E-state index contributed by atoms with van der Waals surface area (Å²) >= 11 is 0. The van der Waals surface area contributed by atoms with E-state index in [2.05, 4.69) is 14.7 Å². The van der Waals surface area contributed by atoms with Gasteiger partial charge in [-0.3, -0.25) is 9.69 Å². The van der Waals surface area contributed by atoms with Crippen LogP contribution in [0.15, 0.2) is 24.3 Å². The minimum absolute atomic E-state index is 0.305. The molecule has 2 heterocycles. The van der Waals surface area contributed by atoms with Gasteiger partial charge in [0.05, 0.1) is 6.54 Å². The third-order valence-electron chi connectivity index (χ3n) is 6.59. The Morgan fingerprint density at radius 1 is 0.923 bits per heavy atom. The zero-order valence-electron chi connectivity index (χ0n) is 15.6. The minimum atomic E-state index is 0.305. The van der Waals surface area contributed by atoms with Gasteiger partial charge < -0.3 is 14.9 Å². The lowest BCUT2D eigenvalue weighted by atomic mass is 9.75. The van der Waals surface area contributed by atoms with Gasteiger partial charge in [0.15, 0.2) is 0 Å². The molecule has 1 saturated carbocycles. The summed E-state index contributed by atoms with van der Waals surface area (Å²) in [6.45, 7) is 6.25. The molecule has 1 aromatic rings. The highest BCUT2D eigenvalue weighted by Crippen LogP contribution is 2.36. The Bertz CT molecular complexity index is 610. The van der Waals surface area contributed by atoms with E-state index in [1.807, 2.05) is 12.1 Å². The molecule has 1 N–H and O–H groups in total. The van der Waals surface area contributed by atoms with Gasteiger partial charge in [-0.2, -0.15) is 0 Å². The van der Waals surface area contributed by atoms with Crippen molar-refractivity contribution in [2.24, 2.45) is 11.8 Å². The van der Waals surface area contributed by atoms with Crippen molar-refractivity contribution >= 4 is 11.6 Å². The van der Waals surface area contributed by atoms with Crippen molar-refractivity contribution in [1.82, 2.24) is 9.80 Å². The van der Waals surface area contributed by atoms with E-state index in [0.717, 1.165) is 56.8 Å². The summed E-state index contributed by atoms with van der Waals surface area (Å²) in [5, 5.41) is 9.42. The smallest absolute Gasteiger partial charge is 0.236 e. The van der Waals surface area contributed by atoms with Gasteiger partial charge in [-0.15, -0.1) is 0 Å². The van der Waals surface area contributed by atoms with Crippen molar-refractivity contribution in [3.63, 3.8) is 0 Å². The molecule has 2 aliphatic heterocycles. The van der Waals surface area contributed by atoms with Crippen molar-refractivity contribution in [3.8, 4) is 5.75 Å². The molecule has 0 spiro atoms. The second kappa shape index (κ2) is 7.87. The van der Waals surface area contributed by atoms with E-state index < -0.39 is 0 Å². The summed E-state index contributed by atoms with van der Waals surface area (Å²) in [5.41, 5.74) is 1.15. The Morgan fingerprint density at radius 3 is 2.35 bits per heavy atom. The molecule has 0 bridgehead atoms. The molecule has 0 unspecified atom stereocenters. The largest absolute Gasteiger partial charge is 0.508 e. The van der Waals surface area contributed by atoms with Crippen LogP contribution in [0.3, 0.4) is 0 Å². The monoisotopic (exact) mass is 357 g/mol. The van der Waals surface area contributed by atoms with Crippen molar-refractivity contribution < 1.29 is 9.90 Å². The van der Waals surface area contributed by atoms with Crippen LogP contribution in [-0.4, -0.2) is 66.6 Å². The van der Waals surface area contributed by atoms with E-state index in [-0.39, 0.29) is 0 Å². The molecule has 5 nitrogen and oxygen atoms in total. The van der Waals surface area contributed by atoms with Crippen LogP contribution in [0.4, 0.5) is 5.69 Å². The maximum absolute atomic E-state index is 12.8.